The van der Waals surface area contributed by atoms with E-state index in [2.05, 4.69) is 66.3 Å². The highest BCUT2D eigenvalue weighted by atomic mass is 32.2. The van der Waals surface area contributed by atoms with Crippen molar-refractivity contribution in [2.24, 2.45) is 0 Å². The molecule has 1 amide bonds. The lowest BCUT2D eigenvalue weighted by molar-refractivity contribution is -0.117. The first kappa shape index (κ1) is 19.0. The number of nitrogens with one attached hydrogen (secondary N) is 1. The van der Waals surface area contributed by atoms with Crippen molar-refractivity contribution in [3.63, 3.8) is 0 Å². The van der Waals surface area contributed by atoms with Crippen LogP contribution in [-0.4, -0.2) is 55.5 Å². The smallest absolute Gasteiger partial charge is 0.238 e. The van der Waals surface area contributed by atoms with E-state index in [9.17, 15) is 4.79 Å². The van der Waals surface area contributed by atoms with Crippen molar-refractivity contribution in [3.05, 3.63) is 53.6 Å². The van der Waals surface area contributed by atoms with Crippen LogP contribution in [0, 0.1) is 13.8 Å². The number of hydrogen-bond donors (Lipinski definition) is 1. The van der Waals surface area contributed by atoms with Crippen LogP contribution in [0.2, 0.25) is 0 Å². The lowest BCUT2D eigenvalue weighted by Crippen LogP contribution is -2.47. The van der Waals surface area contributed by atoms with Crippen molar-refractivity contribution in [1.82, 2.24) is 9.80 Å². The van der Waals surface area contributed by atoms with Crippen molar-refractivity contribution in [2.75, 3.05) is 45.1 Å². The minimum atomic E-state index is 0.0597. The summed E-state index contributed by atoms with van der Waals surface area (Å²) in [7, 11) is 2.12. The number of aryl methyl sites for hydroxylation is 2. The van der Waals surface area contributed by atoms with E-state index in [0.29, 0.717) is 6.54 Å². The molecular weight excluding hydrogens is 342 g/mol. The van der Waals surface area contributed by atoms with Gasteiger partial charge in [0.15, 0.2) is 0 Å². The molecule has 2 aromatic rings. The molecule has 0 atom stereocenters. The molecule has 0 spiro atoms. The van der Waals surface area contributed by atoms with E-state index >= 15 is 0 Å². The molecule has 4 nitrogen and oxygen atoms in total. The number of amides is 1. The highest BCUT2D eigenvalue weighted by Crippen LogP contribution is 2.31. The number of carbonyl (C=O) groups is 1. The molecule has 2 aromatic carbocycles. The summed E-state index contributed by atoms with van der Waals surface area (Å²) < 4.78 is 0. The number of likely N-dealkylation sites (N-methyl/N-ethyl adjacent to an activating group) is 1. The fourth-order valence-corrected chi connectivity index (χ4v) is 3.96. The monoisotopic (exact) mass is 369 g/mol. The molecule has 0 unspecified atom stereocenters. The minimum absolute atomic E-state index is 0.0597. The van der Waals surface area contributed by atoms with Gasteiger partial charge in [-0.15, -0.1) is 0 Å². The quantitative estimate of drug-likeness (QED) is 0.873. The van der Waals surface area contributed by atoms with E-state index in [1.807, 2.05) is 12.1 Å². The topological polar surface area (TPSA) is 35.6 Å². The average Bonchev–Trinajstić information content (AvgIpc) is 2.62. The third-order valence-electron chi connectivity index (χ3n) is 4.67. The first-order valence-corrected chi connectivity index (χ1v) is 9.87. The van der Waals surface area contributed by atoms with Gasteiger partial charge in [0.25, 0.3) is 0 Å². The fraction of sp³-hybridized carbons (Fsp3) is 0.381. The molecule has 0 aromatic heterocycles. The molecule has 0 bridgehead atoms. The second-order valence-corrected chi connectivity index (χ2v) is 8.14. The van der Waals surface area contributed by atoms with Crippen LogP contribution >= 0.6 is 11.8 Å². The third kappa shape index (κ3) is 5.34. The Balaban J connectivity index is 1.54. The molecule has 0 aliphatic carbocycles. The van der Waals surface area contributed by atoms with E-state index in [4.69, 9.17) is 0 Å². The van der Waals surface area contributed by atoms with Crippen LogP contribution in [0.25, 0.3) is 0 Å². The van der Waals surface area contributed by atoms with E-state index in [0.717, 1.165) is 31.9 Å². The van der Waals surface area contributed by atoms with Crippen molar-refractivity contribution in [3.8, 4) is 0 Å². The van der Waals surface area contributed by atoms with Gasteiger partial charge in [0, 0.05) is 41.7 Å². The zero-order valence-electron chi connectivity index (χ0n) is 15.8. The van der Waals surface area contributed by atoms with Crippen molar-refractivity contribution >= 4 is 23.4 Å². The molecule has 0 radical (unpaired) electrons. The van der Waals surface area contributed by atoms with Gasteiger partial charge in [-0.1, -0.05) is 23.9 Å². The lowest BCUT2D eigenvalue weighted by atomic mass is 10.2. The molecule has 1 aliphatic rings. The fourth-order valence-electron chi connectivity index (χ4n) is 2.96. The Morgan fingerprint density at radius 2 is 1.73 bits per heavy atom. The summed E-state index contributed by atoms with van der Waals surface area (Å²) in [4.78, 5) is 19.2. The van der Waals surface area contributed by atoms with Gasteiger partial charge in [0.05, 0.1) is 6.54 Å². The summed E-state index contributed by atoms with van der Waals surface area (Å²) in [6.45, 7) is 8.67. The Bertz CT molecular complexity index is 752. The number of anilines is 1. The molecule has 5 heteroatoms. The van der Waals surface area contributed by atoms with Crippen LogP contribution < -0.4 is 5.32 Å². The van der Waals surface area contributed by atoms with Gasteiger partial charge in [0.1, 0.15) is 0 Å². The second-order valence-electron chi connectivity index (χ2n) is 7.02. The summed E-state index contributed by atoms with van der Waals surface area (Å²) in [5.41, 5.74) is 3.41. The SMILES string of the molecule is Cc1ccc(C)c(Sc2ccc(NC(=O)CN3CCN(C)CC3)cc2)c1. The lowest BCUT2D eigenvalue weighted by Gasteiger charge is -2.31. The van der Waals surface area contributed by atoms with Gasteiger partial charge in [-0.05, 0) is 62.4 Å². The Labute approximate surface area is 160 Å². The Kier molecular flexibility index (Phi) is 6.35. The molecule has 1 N–H and O–H groups in total. The zero-order valence-corrected chi connectivity index (χ0v) is 16.6. The number of carbonyl (C=O) groups excluding carboxylic acids is 1. The van der Waals surface area contributed by atoms with Crippen molar-refractivity contribution in [1.29, 1.82) is 0 Å². The van der Waals surface area contributed by atoms with E-state index in [1.165, 1.54) is 20.9 Å². The summed E-state index contributed by atoms with van der Waals surface area (Å²) in [5.74, 6) is 0.0597. The Morgan fingerprint density at radius 1 is 1.04 bits per heavy atom. The summed E-state index contributed by atoms with van der Waals surface area (Å²) in [5, 5.41) is 3.01. The summed E-state index contributed by atoms with van der Waals surface area (Å²) in [6.07, 6.45) is 0. The maximum Gasteiger partial charge on any atom is 0.238 e. The van der Waals surface area contributed by atoms with Crippen LogP contribution in [0.5, 0.6) is 0 Å². The average molecular weight is 370 g/mol. The van der Waals surface area contributed by atoms with Gasteiger partial charge in [-0.3, -0.25) is 9.69 Å². The molecule has 1 aliphatic heterocycles. The highest BCUT2D eigenvalue weighted by Gasteiger charge is 2.16. The van der Waals surface area contributed by atoms with Gasteiger partial charge < -0.3 is 10.2 Å². The van der Waals surface area contributed by atoms with Gasteiger partial charge in [-0.25, -0.2) is 0 Å². The molecule has 1 saturated heterocycles. The first-order valence-electron chi connectivity index (χ1n) is 9.05. The molecule has 138 valence electrons. The molecule has 1 fully saturated rings. The Hall–Kier alpha value is -1.82. The summed E-state index contributed by atoms with van der Waals surface area (Å²) in [6, 6.07) is 14.6. The highest BCUT2D eigenvalue weighted by molar-refractivity contribution is 7.99. The largest absolute Gasteiger partial charge is 0.325 e. The van der Waals surface area contributed by atoms with Gasteiger partial charge in [-0.2, -0.15) is 0 Å². The maximum atomic E-state index is 12.2. The Morgan fingerprint density at radius 3 is 2.42 bits per heavy atom. The van der Waals surface area contributed by atoms with Crippen molar-refractivity contribution in [2.45, 2.75) is 23.6 Å². The van der Waals surface area contributed by atoms with Crippen LogP contribution in [0.15, 0.2) is 52.3 Å². The van der Waals surface area contributed by atoms with Crippen LogP contribution in [0.3, 0.4) is 0 Å². The number of hydrogen-bond acceptors (Lipinski definition) is 4. The number of rotatable bonds is 5. The van der Waals surface area contributed by atoms with Gasteiger partial charge >= 0.3 is 0 Å². The first-order chi connectivity index (χ1) is 12.5. The van der Waals surface area contributed by atoms with Crippen LogP contribution in [-0.2, 0) is 4.79 Å². The zero-order chi connectivity index (χ0) is 18.5. The van der Waals surface area contributed by atoms with Crippen molar-refractivity contribution < 1.29 is 4.79 Å². The predicted octanol–water partition coefficient (Wildman–Crippen LogP) is 3.64. The van der Waals surface area contributed by atoms with Gasteiger partial charge in [0.2, 0.25) is 5.91 Å². The molecule has 26 heavy (non-hydrogen) atoms. The molecular formula is C21H27N3OS. The predicted molar refractivity (Wildman–Crippen MR) is 109 cm³/mol. The normalized spacial score (nSPS) is 15.8. The minimum Gasteiger partial charge on any atom is -0.325 e. The third-order valence-corrected chi connectivity index (χ3v) is 5.84. The maximum absolute atomic E-state index is 12.2. The number of benzene rings is 2. The standard InChI is InChI=1S/C21H27N3OS/c1-16-4-5-17(2)20(14-16)26-19-8-6-18(7-9-19)22-21(25)15-24-12-10-23(3)11-13-24/h4-9,14H,10-13,15H2,1-3H3,(H,22,25). The molecule has 0 saturated carbocycles. The van der Waals surface area contributed by atoms with Crippen LogP contribution in [0.4, 0.5) is 5.69 Å². The molecule has 3 rings (SSSR count). The number of nitrogens with zero attached hydrogens (tertiary/aromatic N) is 2. The van der Waals surface area contributed by atoms with E-state index in [1.54, 1.807) is 11.8 Å². The van der Waals surface area contributed by atoms with E-state index < -0.39 is 0 Å². The number of piperazine rings is 1. The van der Waals surface area contributed by atoms with Crippen LogP contribution in [0.1, 0.15) is 11.1 Å². The summed E-state index contributed by atoms with van der Waals surface area (Å²) >= 11 is 1.76. The second kappa shape index (κ2) is 8.71. The molecule has 1 heterocycles. The van der Waals surface area contributed by atoms with E-state index in [-0.39, 0.29) is 5.91 Å².